The summed E-state index contributed by atoms with van der Waals surface area (Å²) in [5.41, 5.74) is 8.64. The van der Waals surface area contributed by atoms with E-state index in [1.54, 1.807) is 18.2 Å². The van der Waals surface area contributed by atoms with Crippen LogP contribution in [0.1, 0.15) is 11.1 Å². The lowest BCUT2D eigenvalue weighted by molar-refractivity contribution is 0.632. The zero-order chi connectivity index (χ0) is 13.1. The van der Waals surface area contributed by atoms with Gasteiger partial charge in [-0.1, -0.05) is 24.4 Å². The van der Waals surface area contributed by atoms with Gasteiger partial charge in [0.2, 0.25) is 0 Å². The first kappa shape index (κ1) is 12.5. The molecule has 2 nitrogen and oxygen atoms in total. The molecule has 0 saturated carbocycles. The Morgan fingerprint density at radius 1 is 1.22 bits per heavy atom. The molecule has 0 fully saturated rings. The monoisotopic (exact) mass is 260 g/mol. The maximum Gasteiger partial charge on any atom is 0.146 e. The van der Waals surface area contributed by atoms with Crippen LogP contribution in [-0.4, -0.2) is 4.99 Å². The summed E-state index contributed by atoms with van der Waals surface area (Å²) in [7, 11) is 0. The molecule has 2 aromatic carbocycles. The molecule has 0 spiro atoms. The molecule has 4 heteroatoms. The minimum absolute atomic E-state index is 0.284. The fourth-order valence-electron chi connectivity index (χ4n) is 1.74. The van der Waals surface area contributed by atoms with Crippen molar-refractivity contribution in [2.75, 3.05) is 5.32 Å². The number of thiocarbonyl (C=S) groups is 1. The largest absolute Gasteiger partial charge is 0.389 e. The van der Waals surface area contributed by atoms with Crippen molar-refractivity contribution in [1.29, 1.82) is 0 Å². The van der Waals surface area contributed by atoms with Crippen molar-refractivity contribution in [3.63, 3.8) is 0 Å². The highest BCUT2D eigenvalue weighted by molar-refractivity contribution is 7.80. The van der Waals surface area contributed by atoms with Gasteiger partial charge in [0.1, 0.15) is 10.8 Å². The molecule has 2 aromatic rings. The Morgan fingerprint density at radius 3 is 2.56 bits per heavy atom. The Bertz CT molecular complexity index is 596. The molecule has 0 bridgehead atoms. The third-order valence-electron chi connectivity index (χ3n) is 2.64. The van der Waals surface area contributed by atoms with E-state index in [0.717, 1.165) is 16.8 Å². The number of hydrogen-bond donors (Lipinski definition) is 2. The fraction of sp³-hybridized carbons (Fsp3) is 0.0714. The summed E-state index contributed by atoms with van der Waals surface area (Å²) in [6.45, 7) is 1.92. The number of para-hydroxylation sites is 1. The lowest BCUT2D eigenvalue weighted by atomic mass is 10.1. The molecule has 0 heterocycles. The standard InChI is InChI=1S/C14H13FN2S/c1-9-8-10(6-7-11(9)14(16)18)17-13-5-3-2-4-12(13)15/h2-8,17H,1H3,(H2,16,18). The van der Waals surface area contributed by atoms with Crippen LogP contribution in [0.3, 0.4) is 0 Å². The molecule has 0 aliphatic heterocycles. The molecule has 0 unspecified atom stereocenters. The summed E-state index contributed by atoms with van der Waals surface area (Å²) >= 11 is 4.94. The van der Waals surface area contributed by atoms with Gasteiger partial charge in [-0.2, -0.15) is 0 Å². The number of nitrogens with two attached hydrogens (primary N) is 1. The molecule has 18 heavy (non-hydrogen) atoms. The van der Waals surface area contributed by atoms with E-state index in [1.165, 1.54) is 6.07 Å². The lowest BCUT2D eigenvalue weighted by Gasteiger charge is -2.10. The normalized spacial score (nSPS) is 10.1. The van der Waals surface area contributed by atoms with Crippen LogP contribution in [0.15, 0.2) is 42.5 Å². The zero-order valence-electron chi connectivity index (χ0n) is 9.91. The summed E-state index contributed by atoms with van der Waals surface area (Å²) in [6.07, 6.45) is 0. The first-order chi connectivity index (χ1) is 8.58. The first-order valence-corrected chi connectivity index (χ1v) is 5.91. The molecule has 2 rings (SSSR count). The number of benzene rings is 2. The van der Waals surface area contributed by atoms with Gasteiger partial charge in [0.25, 0.3) is 0 Å². The molecule has 3 N–H and O–H groups in total. The molecule has 0 aliphatic carbocycles. The summed E-state index contributed by atoms with van der Waals surface area (Å²) in [5, 5.41) is 3.02. The Labute approximate surface area is 111 Å². The highest BCUT2D eigenvalue weighted by Gasteiger charge is 2.04. The Hall–Kier alpha value is -1.94. The third-order valence-corrected chi connectivity index (χ3v) is 2.86. The summed E-state index contributed by atoms with van der Waals surface area (Å²) in [6, 6.07) is 12.1. The Balaban J connectivity index is 2.29. The maximum atomic E-state index is 13.5. The van der Waals surface area contributed by atoms with Crippen LogP contribution in [0.2, 0.25) is 0 Å². The van der Waals surface area contributed by atoms with Gasteiger partial charge in [-0.05, 0) is 42.8 Å². The predicted molar refractivity (Wildman–Crippen MR) is 76.7 cm³/mol. The van der Waals surface area contributed by atoms with Crippen molar-refractivity contribution in [2.24, 2.45) is 5.73 Å². The highest BCUT2D eigenvalue weighted by Crippen LogP contribution is 2.21. The van der Waals surface area contributed by atoms with E-state index in [9.17, 15) is 4.39 Å². The molecular formula is C14H13FN2S. The van der Waals surface area contributed by atoms with Gasteiger partial charge in [0.15, 0.2) is 0 Å². The van der Waals surface area contributed by atoms with Crippen LogP contribution in [0.25, 0.3) is 0 Å². The smallest absolute Gasteiger partial charge is 0.146 e. The molecule has 92 valence electrons. The van der Waals surface area contributed by atoms with Crippen molar-refractivity contribution in [3.8, 4) is 0 Å². The van der Waals surface area contributed by atoms with Crippen molar-refractivity contribution in [2.45, 2.75) is 6.92 Å². The number of aryl methyl sites for hydroxylation is 1. The minimum Gasteiger partial charge on any atom is -0.389 e. The molecular weight excluding hydrogens is 247 g/mol. The van der Waals surface area contributed by atoms with Crippen LogP contribution < -0.4 is 11.1 Å². The van der Waals surface area contributed by atoms with Gasteiger partial charge < -0.3 is 11.1 Å². The fourth-order valence-corrected chi connectivity index (χ4v) is 1.97. The van der Waals surface area contributed by atoms with Crippen LogP contribution in [0.5, 0.6) is 0 Å². The van der Waals surface area contributed by atoms with E-state index in [0.29, 0.717) is 10.7 Å². The van der Waals surface area contributed by atoms with E-state index < -0.39 is 0 Å². The second kappa shape index (κ2) is 5.14. The third kappa shape index (κ3) is 2.65. The number of anilines is 2. The van der Waals surface area contributed by atoms with Crippen molar-refractivity contribution >= 4 is 28.6 Å². The molecule has 0 aliphatic rings. The number of nitrogens with one attached hydrogen (secondary N) is 1. The van der Waals surface area contributed by atoms with Crippen LogP contribution in [-0.2, 0) is 0 Å². The molecule has 0 atom stereocenters. The van der Waals surface area contributed by atoms with Crippen LogP contribution >= 0.6 is 12.2 Å². The van der Waals surface area contributed by atoms with Gasteiger partial charge in [-0.15, -0.1) is 0 Å². The van der Waals surface area contributed by atoms with E-state index in [1.807, 2.05) is 25.1 Å². The summed E-state index contributed by atoms with van der Waals surface area (Å²) in [4.78, 5) is 0.366. The van der Waals surface area contributed by atoms with Crippen LogP contribution in [0, 0.1) is 12.7 Å². The molecule has 0 radical (unpaired) electrons. The highest BCUT2D eigenvalue weighted by atomic mass is 32.1. The van der Waals surface area contributed by atoms with Crippen molar-refractivity contribution in [3.05, 3.63) is 59.4 Å². The van der Waals surface area contributed by atoms with Gasteiger partial charge >= 0.3 is 0 Å². The number of halogens is 1. The van der Waals surface area contributed by atoms with E-state index in [4.69, 9.17) is 18.0 Å². The lowest BCUT2D eigenvalue weighted by Crippen LogP contribution is -2.11. The second-order valence-electron chi connectivity index (χ2n) is 4.00. The van der Waals surface area contributed by atoms with Gasteiger partial charge in [0.05, 0.1) is 5.69 Å². The Kier molecular flexibility index (Phi) is 3.58. The van der Waals surface area contributed by atoms with E-state index >= 15 is 0 Å². The minimum atomic E-state index is -0.284. The van der Waals surface area contributed by atoms with Crippen molar-refractivity contribution < 1.29 is 4.39 Å². The van der Waals surface area contributed by atoms with Gasteiger partial charge in [0, 0.05) is 11.3 Å². The second-order valence-corrected chi connectivity index (χ2v) is 4.44. The number of rotatable bonds is 3. The predicted octanol–water partition coefficient (Wildman–Crippen LogP) is 3.51. The van der Waals surface area contributed by atoms with E-state index in [-0.39, 0.29) is 5.82 Å². The van der Waals surface area contributed by atoms with Gasteiger partial charge in [-0.3, -0.25) is 0 Å². The summed E-state index contributed by atoms with van der Waals surface area (Å²) < 4.78 is 13.5. The summed E-state index contributed by atoms with van der Waals surface area (Å²) in [5.74, 6) is -0.284. The van der Waals surface area contributed by atoms with Crippen LogP contribution in [0.4, 0.5) is 15.8 Å². The maximum absolute atomic E-state index is 13.5. The SMILES string of the molecule is Cc1cc(Nc2ccccc2F)ccc1C(N)=S. The van der Waals surface area contributed by atoms with E-state index in [2.05, 4.69) is 5.32 Å². The Morgan fingerprint density at radius 2 is 1.94 bits per heavy atom. The molecule has 0 saturated heterocycles. The number of hydrogen-bond acceptors (Lipinski definition) is 2. The average molecular weight is 260 g/mol. The van der Waals surface area contributed by atoms with Gasteiger partial charge in [-0.25, -0.2) is 4.39 Å². The van der Waals surface area contributed by atoms with Crippen molar-refractivity contribution in [1.82, 2.24) is 0 Å². The molecule has 0 aromatic heterocycles. The average Bonchev–Trinajstić information content (AvgIpc) is 2.32. The molecule has 0 amide bonds. The first-order valence-electron chi connectivity index (χ1n) is 5.50. The topological polar surface area (TPSA) is 38.0 Å². The zero-order valence-corrected chi connectivity index (χ0v) is 10.7. The quantitative estimate of drug-likeness (QED) is 0.829.